The molecule has 0 spiro atoms. The van der Waals surface area contributed by atoms with Crippen molar-refractivity contribution >= 4 is 0 Å². The Balaban J connectivity index is 2.07. The molecule has 0 aliphatic carbocycles. The van der Waals surface area contributed by atoms with Crippen LogP contribution in [0.15, 0.2) is 36.4 Å². The van der Waals surface area contributed by atoms with Crippen LogP contribution < -0.4 is 10.5 Å². The topological polar surface area (TPSA) is 35.2 Å². The lowest BCUT2D eigenvalue weighted by Gasteiger charge is -2.10. The maximum atomic E-state index is 13.8. The Labute approximate surface area is 117 Å². The Morgan fingerprint density at radius 3 is 2.55 bits per heavy atom. The van der Waals surface area contributed by atoms with E-state index in [9.17, 15) is 8.78 Å². The number of benzene rings is 2. The van der Waals surface area contributed by atoms with Crippen LogP contribution in [0, 0.1) is 18.6 Å². The maximum Gasteiger partial charge on any atom is 0.165 e. The molecule has 0 aromatic heterocycles. The van der Waals surface area contributed by atoms with Gasteiger partial charge < -0.3 is 10.5 Å². The van der Waals surface area contributed by atoms with E-state index in [-0.39, 0.29) is 18.2 Å². The van der Waals surface area contributed by atoms with Crippen molar-refractivity contribution in [3.8, 4) is 5.75 Å². The minimum atomic E-state index is -0.407. The van der Waals surface area contributed by atoms with Gasteiger partial charge in [-0.2, -0.15) is 0 Å². The zero-order valence-corrected chi connectivity index (χ0v) is 11.3. The Kier molecular flexibility index (Phi) is 4.69. The molecule has 0 heterocycles. The van der Waals surface area contributed by atoms with Crippen LogP contribution in [0.25, 0.3) is 0 Å². The van der Waals surface area contributed by atoms with Crippen LogP contribution in [0.1, 0.15) is 16.7 Å². The fraction of sp³-hybridized carbons (Fsp3) is 0.250. The van der Waals surface area contributed by atoms with Gasteiger partial charge in [-0.1, -0.05) is 12.1 Å². The van der Waals surface area contributed by atoms with Crippen LogP contribution in [0.2, 0.25) is 0 Å². The molecule has 106 valence electrons. The van der Waals surface area contributed by atoms with Gasteiger partial charge in [0.05, 0.1) is 0 Å². The monoisotopic (exact) mass is 277 g/mol. The van der Waals surface area contributed by atoms with E-state index in [1.807, 2.05) is 0 Å². The van der Waals surface area contributed by atoms with Gasteiger partial charge in [0, 0.05) is 0 Å². The van der Waals surface area contributed by atoms with Crippen LogP contribution in [-0.4, -0.2) is 6.54 Å². The number of hydrogen-bond acceptors (Lipinski definition) is 2. The fourth-order valence-corrected chi connectivity index (χ4v) is 1.96. The Hall–Kier alpha value is -1.94. The van der Waals surface area contributed by atoms with Crippen molar-refractivity contribution in [2.45, 2.75) is 20.0 Å². The summed E-state index contributed by atoms with van der Waals surface area (Å²) in [5.41, 5.74) is 7.88. The molecule has 0 aliphatic rings. The molecule has 0 saturated carbocycles. The quantitative estimate of drug-likeness (QED) is 0.909. The van der Waals surface area contributed by atoms with Crippen LogP contribution in [0.4, 0.5) is 8.78 Å². The standard InChI is InChI=1S/C16H17F2NO/c1-11-8-14(17)4-3-13(11)10-20-16-5-2-12(6-7-19)9-15(16)18/h2-5,8-9H,6-7,10,19H2,1H3. The first-order valence-corrected chi connectivity index (χ1v) is 6.46. The molecule has 2 aromatic rings. The highest BCUT2D eigenvalue weighted by Crippen LogP contribution is 2.21. The second-order valence-electron chi connectivity index (χ2n) is 4.66. The van der Waals surface area contributed by atoms with Crippen molar-refractivity contribution in [2.24, 2.45) is 5.73 Å². The first-order valence-electron chi connectivity index (χ1n) is 6.46. The molecule has 4 heteroatoms. The second kappa shape index (κ2) is 6.48. The smallest absolute Gasteiger partial charge is 0.165 e. The number of rotatable bonds is 5. The van der Waals surface area contributed by atoms with Gasteiger partial charge in [0.25, 0.3) is 0 Å². The van der Waals surface area contributed by atoms with Gasteiger partial charge in [-0.15, -0.1) is 0 Å². The molecule has 0 unspecified atom stereocenters. The molecule has 2 rings (SSSR count). The minimum absolute atomic E-state index is 0.189. The molecular weight excluding hydrogens is 260 g/mol. The van der Waals surface area contributed by atoms with Crippen LogP contribution in [-0.2, 0) is 13.0 Å². The summed E-state index contributed by atoms with van der Waals surface area (Å²) in [5, 5.41) is 0. The highest BCUT2D eigenvalue weighted by Gasteiger charge is 2.06. The average molecular weight is 277 g/mol. The van der Waals surface area contributed by atoms with E-state index in [2.05, 4.69) is 0 Å². The van der Waals surface area contributed by atoms with E-state index in [1.54, 1.807) is 25.1 Å². The minimum Gasteiger partial charge on any atom is -0.486 e. The van der Waals surface area contributed by atoms with Gasteiger partial charge in [0.1, 0.15) is 12.4 Å². The fourth-order valence-electron chi connectivity index (χ4n) is 1.96. The third-order valence-corrected chi connectivity index (χ3v) is 3.12. The predicted molar refractivity (Wildman–Crippen MR) is 74.6 cm³/mol. The summed E-state index contributed by atoms with van der Waals surface area (Å²) in [5.74, 6) is -0.506. The average Bonchev–Trinajstić information content (AvgIpc) is 2.40. The first-order chi connectivity index (χ1) is 9.60. The molecule has 0 fully saturated rings. The highest BCUT2D eigenvalue weighted by molar-refractivity contribution is 5.31. The van der Waals surface area contributed by atoms with Crippen LogP contribution >= 0.6 is 0 Å². The Morgan fingerprint density at radius 1 is 1.10 bits per heavy atom. The number of nitrogens with two attached hydrogens (primary N) is 1. The predicted octanol–water partition coefficient (Wildman–Crippen LogP) is 3.35. The van der Waals surface area contributed by atoms with Crippen molar-refractivity contribution in [1.29, 1.82) is 0 Å². The second-order valence-corrected chi connectivity index (χ2v) is 4.66. The largest absolute Gasteiger partial charge is 0.486 e. The van der Waals surface area contributed by atoms with Gasteiger partial charge in [-0.25, -0.2) is 8.78 Å². The van der Waals surface area contributed by atoms with E-state index >= 15 is 0 Å². The zero-order valence-electron chi connectivity index (χ0n) is 11.3. The summed E-state index contributed by atoms with van der Waals surface area (Å²) in [7, 11) is 0. The van der Waals surface area contributed by atoms with Gasteiger partial charge in [-0.3, -0.25) is 0 Å². The molecular formula is C16H17F2NO. The molecule has 0 aliphatic heterocycles. The lowest BCUT2D eigenvalue weighted by atomic mass is 10.1. The summed E-state index contributed by atoms with van der Waals surface area (Å²) in [4.78, 5) is 0. The van der Waals surface area contributed by atoms with Crippen molar-refractivity contribution < 1.29 is 13.5 Å². The molecule has 0 radical (unpaired) electrons. The summed E-state index contributed by atoms with van der Waals surface area (Å²) >= 11 is 0. The molecule has 0 bridgehead atoms. The van der Waals surface area contributed by atoms with Crippen molar-refractivity contribution in [1.82, 2.24) is 0 Å². The molecule has 0 atom stereocenters. The van der Waals surface area contributed by atoms with Gasteiger partial charge in [-0.05, 0) is 60.8 Å². The number of aryl methyl sites for hydroxylation is 1. The first kappa shape index (κ1) is 14.5. The molecule has 2 aromatic carbocycles. The van der Waals surface area contributed by atoms with Crippen LogP contribution in [0.3, 0.4) is 0 Å². The number of halogens is 2. The lowest BCUT2D eigenvalue weighted by molar-refractivity contribution is 0.289. The third kappa shape index (κ3) is 3.54. The molecule has 2 nitrogen and oxygen atoms in total. The van der Waals surface area contributed by atoms with Gasteiger partial charge in [0.15, 0.2) is 11.6 Å². The van der Waals surface area contributed by atoms with E-state index in [4.69, 9.17) is 10.5 Å². The zero-order chi connectivity index (χ0) is 14.5. The number of ether oxygens (including phenoxy) is 1. The van der Waals surface area contributed by atoms with Crippen LogP contribution in [0.5, 0.6) is 5.75 Å². The molecule has 20 heavy (non-hydrogen) atoms. The Bertz CT molecular complexity index is 599. The summed E-state index contributed by atoms with van der Waals surface area (Å²) in [6, 6.07) is 9.26. The van der Waals surface area contributed by atoms with E-state index in [1.165, 1.54) is 18.2 Å². The van der Waals surface area contributed by atoms with E-state index < -0.39 is 5.82 Å². The van der Waals surface area contributed by atoms with Crippen molar-refractivity contribution in [3.05, 3.63) is 64.7 Å². The van der Waals surface area contributed by atoms with E-state index in [0.717, 1.165) is 16.7 Å². The van der Waals surface area contributed by atoms with E-state index in [0.29, 0.717) is 13.0 Å². The third-order valence-electron chi connectivity index (χ3n) is 3.12. The lowest BCUT2D eigenvalue weighted by Crippen LogP contribution is -2.04. The SMILES string of the molecule is Cc1cc(F)ccc1COc1ccc(CCN)cc1F. The maximum absolute atomic E-state index is 13.8. The molecule has 0 amide bonds. The summed E-state index contributed by atoms with van der Waals surface area (Å²) in [6.07, 6.45) is 0.633. The van der Waals surface area contributed by atoms with Crippen molar-refractivity contribution in [3.63, 3.8) is 0 Å². The highest BCUT2D eigenvalue weighted by atomic mass is 19.1. The number of hydrogen-bond donors (Lipinski definition) is 1. The summed E-state index contributed by atoms with van der Waals surface area (Å²) < 4.78 is 32.2. The Morgan fingerprint density at radius 2 is 1.90 bits per heavy atom. The van der Waals surface area contributed by atoms with Crippen molar-refractivity contribution in [2.75, 3.05) is 6.54 Å². The normalized spacial score (nSPS) is 10.6. The summed E-state index contributed by atoms with van der Waals surface area (Å²) in [6.45, 7) is 2.48. The molecule has 0 saturated heterocycles. The van der Waals surface area contributed by atoms with Gasteiger partial charge in [0.2, 0.25) is 0 Å². The van der Waals surface area contributed by atoms with Gasteiger partial charge >= 0.3 is 0 Å². The molecule has 2 N–H and O–H groups in total.